The van der Waals surface area contributed by atoms with Gasteiger partial charge in [0.2, 0.25) is 0 Å². The summed E-state index contributed by atoms with van der Waals surface area (Å²) in [4.78, 5) is 0. The van der Waals surface area contributed by atoms with Crippen LogP contribution in [-0.4, -0.2) is 40.1 Å². The summed E-state index contributed by atoms with van der Waals surface area (Å²) in [5.41, 5.74) is 2.87. The molecule has 0 saturated heterocycles. The lowest BCUT2D eigenvalue weighted by molar-refractivity contribution is 0.315. The molecule has 4 nitrogen and oxygen atoms in total. The van der Waals surface area contributed by atoms with Crippen LogP contribution in [0.25, 0.3) is 0 Å². The molecule has 1 N–H and O–H groups in total. The maximum absolute atomic E-state index is 11.0. The number of rotatable bonds is 7. The Morgan fingerprint density at radius 3 is 2.65 bits per heavy atom. The summed E-state index contributed by atoms with van der Waals surface area (Å²) >= 11 is 0. The van der Waals surface area contributed by atoms with E-state index in [1.165, 1.54) is 36.6 Å². The molecule has 0 atom stereocenters. The molecule has 0 aliphatic heterocycles. The third-order valence-corrected chi connectivity index (χ3v) is 4.46. The topological polar surface area (TPSA) is 55.4 Å². The van der Waals surface area contributed by atoms with Gasteiger partial charge in [-0.2, -0.15) is 0 Å². The van der Waals surface area contributed by atoms with Crippen LogP contribution in [0.3, 0.4) is 0 Å². The second kappa shape index (κ2) is 7.09. The van der Waals surface area contributed by atoms with Gasteiger partial charge in [-0.3, -0.25) is 0 Å². The van der Waals surface area contributed by atoms with Crippen LogP contribution in [-0.2, 0) is 22.7 Å². The van der Waals surface area contributed by atoms with E-state index in [1.807, 2.05) is 6.07 Å². The Labute approximate surface area is 121 Å². The van der Waals surface area contributed by atoms with Crippen molar-refractivity contribution in [2.24, 2.45) is 0 Å². The molecule has 20 heavy (non-hydrogen) atoms. The normalized spacial score (nSPS) is 14.8. The predicted molar refractivity (Wildman–Crippen MR) is 81.2 cm³/mol. The summed E-state index contributed by atoms with van der Waals surface area (Å²) < 4.78 is 27.6. The van der Waals surface area contributed by atoms with Gasteiger partial charge in [-0.25, -0.2) is 8.42 Å². The van der Waals surface area contributed by atoms with Gasteiger partial charge < -0.3 is 10.1 Å². The molecule has 0 unspecified atom stereocenters. The van der Waals surface area contributed by atoms with E-state index in [-0.39, 0.29) is 5.75 Å². The fourth-order valence-corrected chi connectivity index (χ4v) is 2.94. The van der Waals surface area contributed by atoms with E-state index < -0.39 is 9.84 Å². The fourth-order valence-electron chi connectivity index (χ4n) is 2.42. The molecule has 1 aliphatic carbocycles. The Morgan fingerprint density at radius 2 is 1.90 bits per heavy atom. The highest BCUT2D eigenvalue weighted by atomic mass is 32.2. The molecule has 0 aromatic heterocycles. The average Bonchev–Trinajstić information content (AvgIpc) is 2.41. The minimum atomic E-state index is -2.88. The van der Waals surface area contributed by atoms with Gasteiger partial charge in [-0.05, 0) is 48.9 Å². The Balaban J connectivity index is 1.69. The minimum Gasteiger partial charge on any atom is -0.492 e. The second-order valence-corrected chi connectivity index (χ2v) is 7.63. The molecule has 112 valence electrons. The highest BCUT2D eigenvalue weighted by molar-refractivity contribution is 7.90. The molecule has 0 fully saturated rings. The minimum absolute atomic E-state index is 0.172. The number of sulfone groups is 1. The van der Waals surface area contributed by atoms with Crippen molar-refractivity contribution in [3.8, 4) is 5.75 Å². The molecule has 0 radical (unpaired) electrons. The van der Waals surface area contributed by atoms with Crippen LogP contribution in [0.1, 0.15) is 24.0 Å². The van der Waals surface area contributed by atoms with Crippen molar-refractivity contribution in [2.45, 2.75) is 25.7 Å². The van der Waals surface area contributed by atoms with Gasteiger partial charge in [-0.1, -0.05) is 6.07 Å². The summed E-state index contributed by atoms with van der Waals surface area (Å²) in [6, 6.07) is 6.34. The molecule has 1 aromatic carbocycles. The summed E-state index contributed by atoms with van der Waals surface area (Å²) in [5, 5.41) is 3.07. The van der Waals surface area contributed by atoms with E-state index >= 15 is 0 Å². The van der Waals surface area contributed by atoms with Crippen LogP contribution in [0.2, 0.25) is 0 Å². The van der Waals surface area contributed by atoms with Crippen molar-refractivity contribution in [2.75, 3.05) is 31.7 Å². The number of benzene rings is 1. The number of hydrogen-bond donors (Lipinski definition) is 1. The molecule has 1 aliphatic rings. The number of hydrogen-bond acceptors (Lipinski definition) is 4. The zero-order valence-corrected chi connectivity index (χ0v) is 12.8. The average molecular weight is 297 g/mol. The first-order chi connectivity index (χ1) is 9.54. The lowest BCUT2D eigenvalue weighted by atomic mass is 9.92. The Morgan fingerprint density at radius 1 is 1.15 bits per heavy atom. The van der Waals surface area contributed by atoms with Crippen molar-refractivity contribution in [3.05, 3.63) is 29.3 Å². The smallest absolute Gasteiger partial charge is 0.148 e. The van der Waals surface area contributed by atoms with Crippen molar-refractivity contribution < 1.29 is 13.2 Å². The first kappa shape index (κ1) is 15.3. The molecule has 0 saturated carbocycles. The van der Waals surface area contributed by atoms with Crippen molar-refractivity contribution in [1.29, 1.82) is 0 Å². The highest BCUT2D eigenvalue weighted by Crippen LogP contribution is 2.25. The van der Waals surface area contributed by atoms with Crippen LogP contribution in [0, 0.1) is 0 Å². The molecule has 0 spiro atoms. The summed E-state index contributed by atoms with van der Waals surface area (Å²) in [6.07, 6.45) is 6.14. The molecular formula is C15H23NO3S. The lowest BCUT2D eigenvalue weighted by Crippen LogP contribution is -2.26. The molecular weight excluding hydrogens is 274 g/mol. The summed E-state index contributed by atoms with van der Waals surface area (Å²) in [5.74, 6) is 1.09. The summed E-state index contributed by atoms with van der Waals surface area (Å²) in [7, 11) is -2.88. The SMILES string of the molecule is CS(=O)(=O)CCNCCOc1ccc2c(c1)CCCC2. The number of aryl methyl sites for hydroxylation is 2. The Hall–Kier alpha value is -1.07. The van der Waals surface area contributed by atoms with Crippen molar-refractivity contribution >= 4 is 9.84 Å². The van der Waals surface area contributed by atoms with E-state index in [0.717, 1.165) is 12.2 Å². The van der Waals surface area contributed by atoms with Gasteiger partial charge in [-0.15, -0.1) is 0 Å². The van der Waals surface area contributed by atoms with Crippen LogP contribution in [0.5, 0.6) is 5.75 Å². The van der Waals surface area contributed by atoms with Gasteiger partial charge in [0.1, 0.15) is 22.2 Å². The van der Waals surface area contributed by atoms with E-state index in [4.69, 9.17) is 4.74 Å². The van der Waals surface area contributed by atoms with Crippen molar-refractivity contribution in [1.82, 2.24) is 5.32 Å². The van der Waals surface area contributed by atoms with Gasteiger partial charge >= 0.3 is 0 Å². The molecule has 0 bridgehead atoms. The Kier molecular flexibility index (Phi) is 5.43. The standard InChI is InChI=1S/C15H23NO3S/c1-20(17,18)11-9-16-8-10-19-15-7-6-13-4-2-3-5-14(13)12-15/h6-7,12,16H,2-5,8-11H2,1H3. The van der Waals surface area contributed by atoms with E-state index in [9.17, 15) is 8.42 Å². The third-order valence-electron chi connectivity index (χ3n) is 3.52. The molecule has 0 amide bonds. The maximum atomic E-state index is 11.0. The quantitative estimate of drug-likeness (QED) is 0.776. The van der Waals surface area contributed by atoms with Gasteiger partial charge in [0.05, 0.1) is 5.75 Å². The van der Waals surface area contributed by atoms with Crippen LogP contribution in [0.15, 0.2) is 18.2 Å². The first-order valence-corrected chi connectivity index (χ1v) is 9.24. The monoisotopic (exact) mass is 297 g/mol. The van der Waals surface area contributed by atoms with Crippen LogP contribution >= 0.6 is 0 Å². The van der Waals surface area contributed by atoms with Crippen LogP contribution < -0.4 is 10.1 Å². The van der Waals surface area contributed by atoms with E-state index in [2.05, 4.69) is 17.4 Å². The zero-order valence-electron chi connectivity index (χ0n) is 12.0. The molecule has 1 aromatic rings. The fraction of sp³-hybridized carbons (Fsp3) is 0.600. The third kappa shape index (κ3) is 5.13. The van der Waals surface area contributed by atoms with Gasteiger partial charge in [0.25, 0.3) is 0 Å². The summed E-state index contributed by atoms with van der Waals surface area (Å²) in [6.45, 7) is 1.70. The molecule has 2 rings (SSSR count). The van der Waals surface area contributed by atoms with Gasteiger partial charge in [0.15, 0.2) is 0 Å². The zero-order chi connectivity index (χ0) is 14.4. The lowest BCUT2D eigenvalue weighted by Gasteiger charge is -2.16. The highest BCUT2D eigenvalue weighted by Gasteiger charge is 2.09. The maximum Gasteiger partial charge on any atom is 0.148 e. The first-order valence-electron chi connectivity index (χ1n) is 7.18. The molecule has 0 heterocycles. The number of nitrogens with one attached hydrogen (secondary N) is 1. The predicted octanol–water partition coefficient (Wildman–Crippen LogP) is 1.58. The number of fused-ring (bicyclic) bond motifs is 1. The van der Waals surface area contributed by atoms with E-state index in [0.29, 0.717) is 19.7 Å². The largest absolute Gasteiger partial charge is 0.492 e. The van der Waals surface area contributed by atoms with Crippen LogP contribution in [0.4, 0.5) is 0 Å². The Bertz CT molecular complexity index is 540. The molecule has 5 heteroatoms. The second-order valence-electron chi connectivity index (χ2n) is 5.37. The van der Waals surface area contributed by atoms with Crippen molar-refractivity contribution in [3.63, 3.8) is 0 Å². The number of ether oxygens (including phenoxy) is 1. The van der Waals surface area contributed by atoms with Gasteiger partial charge in [0, 0.05) is 19.3 Å². The van der Waals surface area contributed by atoms with E-state index in [1.54, 1.807) is 0 Å².